The van der Waals surface area contributed by atoms with Gasteiger partial charge in [-0.05, 0) is 35.4 Å². The van der Waals surface area contributed by atoms with Crippen LogP contribution in [0.15, 0.2) is 116 Å². The van der Waals surface area contributed by atoms with Gasteiger partial charge in [0.05, 0.1) is 17.1 Å². The first kappa shape index (κ1) is 25.5. The number of pyridine rings is 3. The Kier molecular flexibility index (Phi) is 6.31. The number of nitrogens with one attached hydrogen (secondary N) is 2. The predicted octanol–water partition coefficient (Wildman–Crippen LogP) is 9.58. The van der Waals surface area contributed by atoms with Gasteiger partial charge in [-0.1, -0.05) is 85.0 Å². The monoisotopic (exact) mass is 571 g/mol. The Balaban J connectivity index is 1.17. The molecule has 7 heteroatoms. The molecule has 3 aromatic heterocycles. The SMILES string of the molecule is C1=Cc2cccc(-c3cccc4c3Nc3c(cccc3Oc3cccc(Oc5ccccn5)n3)C=C4)c2Nc2ncccc21. The maximum absolute atomic E-state index is 6.38. The minimum Gasteiger partial charge on any atom is -0.437 e. The van der Waals surface area contributed by atoms with Crippen molar-refractivity contribution < 1.29 is 9.47 Å². The van der Waals surface area contributed by atoms with Crippen molar-refractivity contribution in [1.82, 2.24) is 15.0 Å². The number of aromatic nitrogens is 3. The molecule has 0 unspecified atom stereocenters. The largest absolute Gasteiger partial charge is 0.437 e. The van der Waals surface area contributed by atoms with E-state index in [1.807, 2.05) is 42.6 Å². The van der Waals surface area contributed by atoms with Crippen LogP contribution in [0.1, 0.15) is 22.3 Å². The van der Waals surface area contributed by atoms with Gasteiger partial charge >= 0.3 is 0 Å². The maximum atomic E-state index is 6.38. The molecule has 44 heavy (non-hydrogen) atoms. The molecule has 0 atom stereocenters. The first-order valence-electron chi connectivity index (χ1n) is 14.3. The summed E-state index contributed by atoms with van der Waals surface area (Å²) in [7, 11) is 0. The van der Waals surface area contributed by atoms with Crippen LogP contribution in [0.2, 0.25) is 0 Å². The molecule has 0 saturated heterocycles. The van der Waals surface area contributed by atoms with E-state index in [1.165, 1.54) is 0 Å². The second-order valence-corrected chi connectivity index (χ2v) is 10.3. The molecule has 6 aromatic rings. The van der Waals surface area contributed by atoms with E-state index in [1.54, 1.807) is 24.4 Å². The Labute approximate surface area is 254 Å². The molecule has 5 heterocycles. The highest BCUT2D eigenvalue weighted by molar-refractivity contribution is 6.01. The van der Waals surface area contributed by atoms with E-state index < -0.39 is 0 Å². The Morgan fingerprint density at radius 1 is 0.432 bits per heavy atom. The Bertz CT molecular complexity index is 2090. The van der Waals surface area contributed by atoms with Crippen LogP contribution in [0.3, 0.4) is 0 Å². The van der Waals surface area contributed by atoms with Crippen molar-refractivity contribution in [2.75, 3.05) is 10.6 Å². The lowest BCUT2D eigenvalue weighted by atomic mass is 9.96. The minimum absolute atomic E-state index is 0.395. The first-order valence-corrected chi connectivity index (χ1v) is 14.3. The van der Waals surface area contributed by atoms with Crippen LogP contribution in [0, 0.1) is 0 Å². The summed E-state index contributed by atoms with van der Waals surface area (Å²) in [6.07, 6.45) is 12.0. The lowest BCUT2D eigenvalue weighted by Gasteiger charge is -2.20. The molecule has 2 aliphatic rings. The zero-order valence-corrected chi connectivity index (χ0v) is 23.4. The molecule has 0 fully saturated rings. The number of ether oxygens (including phenoxy) is 2. The molecule has 0 aliphatic carbocycles. The van der Waals surface area contributed by atoms with Crippen molar-refractivity contribution >= 4 is 47.2 Å². The highest BCUT2D eigenvalue weighted by Gasteiger charge is 2.21. The highest BCUT2D eigenvalue weighted by atomic mass is 16.5. The summed E-state index contributed by atoms with van der Waals surface area (Å²) in [6, 6.07) is 33.6. The lowest BCUT2D eigenvalue weighted by molar-refractivity contribution is 0.418. The number of anilines is 4. The van der Waals surface area contributed by atoms with Crippen LogP contribution in [0.25, 0.3) is 35.4 Å². The van der Waals surface area contributed by atoms with Gasteiger partial charge in [-0.15, -0.1) is 0 Å². The van der Waals surface area contributed by atoms with E-state index in [2.05, 4.69) is 98.4 Å². The zero-order chi connectivity index (χ0) is 29.3. The standard InChI is InChI=1S/C37H25N5O2/c1-2-22-38-31(15-1)44-33-17-6-16-32(40-33)43-30-14-5-10-26-19-18-24-8-3-12-28(34(24)41-36(26)30)29-13-4-9-25-20-21-27-11-7-23-39-37(27)42-35(25)29/h1-23,41H,(H,39,42). The van der Waals surface area contributed by atoms with Gasteiger partial charge in [-0.25, -0.2) is 9.97 Å². The number of hydrogen-bond acceptors (Lipinski definition) is 7. The summed E-state index contributed by atoms with van der Waals surface area (Å²) in [6.45, 7) is 0. The topological polar surface area (TPSA) is 81.2 Å². The number of rotatable bonds is 5. The average molecular weight is 572 g/mol. The van der Waals surface area contributed by atoms with Crippen molar-refractivity contribution in [1.29, 1.82) is 0 Å². The summed E-state index contributed by atoms with van der Waals surface area (Å²) in [5.74, 6) is 2.73. The van der Waals surface area contributed by atoms with Crippen LogP contribution in [-0.2, 0) is 0 Å². The van der Waals surface area contributed by atoms with E-state index in [0.717, 1.165) is 56.3 Å². The molecule has 0 spiro atoms. The summed E-state index contributed by atoms with van der Waals surface area (Å²) < 4.78 is 12.2. The minimum atomic E-state index is 0.395. The fourth-order valence-electron chi connectivity index (χ4n) is 5.45. The lowest BCUT2D eigenvalue weighted by Crippen LogP contribution is -2.02. The van der Waals surface area contributed by atoms with Gasteiger partial charge in [0.25, 0.3) is 0 Å². The summed E-state index contributed by atoms with van der Waals surface area (Å²) >= 11 is 0. The van der Waals surface area contributed by atoms with Gasteiger partial charge < -0.3 is 20.1 Å². The Hall–Kier alpha value is -6.21. The second kappa shape index (κ2) is 10.9. The number of hydrogen-bond donors (Lipinski definition) is 2. The van der Waals surface area contributed by atoms with Gasteiger partial charge in [0.15, 0.2) is 5.75 Å². The molecule has 2 N–H and O–H groups in total. The smallest absolute Gasteiger partial charge is 0.224 e. The van der Waals surface area contributed by atoms with Crippen LogP contribution in [-0.4, -0.2) is 15.0 Å². The van der Waals surface area contributed by atoms with Crippen molar-refractivity contribution in [3.8, 4) is 34.5 Å². The fraction of sp³-hybridized carbons (Fsp3) is 0. The number of fused-ring (bicyclic) bond motifs is 4. The van der Waals surface area contributed by atoms with Crippen LogP contribution >= 0.6 is 0 Å². The molecule has 3 aromatic carbocycles. The van der Waals surface area contributed by atoms with Crippen molar-refractivity contribution in [2.24, 2.45) is 0 Å². The van der Waals surface area contributed by atoms with E-state index >= 15 is 0 Å². The van der Waals surface area contributed by atoms with Crippen LogP contribution in [0.5, 0.6) is 23.4 Å². The summed E-state index contributed by atoms with van der Waals surface area (Å²) in [5.41, 5.74) is 9.13. The molecule has 0 amide bonds. The maximum Gasteiger partial charge on any atom is 0.224 e. The van der Waals surface area contributed by atoms with Gasteiger partial charge in [0.2, 0.25) is 17.6 Å². The summed E-state index contributed by atoms with van der Waals surface area (Å²) in [4.78, 5) is 13.4. The summed E-state index contributed by atoms with van der Waals surface area (Å²) in [5, 5.41) is 7.35. The quantitative estimate of drug-likeness (QED) is 0.213. The first-order chi connectivity index (χ1) is 21.8. The van der Waals surface area contributed by atoms with Gasteiger partial charge in [-0.3, -0.25) is 0 Å². The zero-order valence-electron chi connectivity index (χ0n) is 23.4. The van der Waals surface area contributed by atoms with Crippen LogP contribution in [0.4, 0.5) is 22.9 Å². The third-order valence-corrected chi connectivity index (χ3v) is 7.52. The normalized spacial score (nSPS) is 12.3. The highest BCUT2D eigenvalue weighted by Crippen LogP contribution is 2.45. The third-order valence-electron chi connectivity index (χ3n) is 7.52. The average Bonchev–Trinajstić information content (AvgIpc) is 3.38. The van der Waals surface area contributed by atoms with Gasteiger partial charge in [0, 0.05) is 52.8 Å². The molecule has 0 radical (unpaired) electrons. The molecule has 2 aliphatic heterocycles. The van der Waals surface area contributed by atoms with Gasteiger partial charge in [0.1, 0.15) is 5.82 Å². The van der Waals surface area contributed by atoms with E-state index in [4.69, 9.17) is 9.47 Å². The molecular formula is C37H25N5O2. The molecule has 210 valence electrons. The number of para-hydroxylation sites is 3. The van der Waals surface area contributed by atoms with E-state index in [9.17, 15) is 0 Å². The predicted molar refractivity (Wildman–Crippen MR) is 176 cm³/mol. The second-order valence-electron chi connectivity index (χ2n) is 10.3. The molecular weight excluding hydrogens is 546 g/mol. The van der Waals surface area contributed by atoms with Gasteiger partial charge in [-0.2, -0.15) is 4.98 Å². The van der Waals surface area contributed by atoms with Crippen molar-refractivity contribution in [3.05, 3.63) is 138 Å². The van der Waals surface area contributed by atoms with E-state index in [-0.39, 0.29) is 0 Å². The number of benzene rings is 3. The van der Waals surface area contributed by atoms with Crippen LogP contribution < -0.4 is 20.1 Å². The number of nitrogens with zero attached hydrogens (tertiary/aromatic N) is 3. The van der Waals surface area contributed by atoms with Crippen molar-refractivity contribution in [2.45, 2.75) is 0 Å². The third kappa shape index (κ3) is 4.82. The molecule has 0 bridgehead atoms. The molecule has 8 rings (SSSR count). The molecule has 0 saturated carbocycles. The van der Waals surface area contributed by atoms with E-state index in [0.29, 0.717) is 23.4 Å². The Morgan fingerprint density at radius 3 is 1.77 bits per heavy atom. The van der Waals surface area contributed by atoms with Crippen molar-refractivity contribution in [3.63, 3.8) is 0 Å². The Morgan fingerprint density at radius 2 is 1.02 bits per heavy atom. The fourth-order valence-corrected chi connectivity index (χ4v) is 5.45. The molecule has 7 nitrogen and oxygen atoms in total.